The number of rotatable bonds is 9. The Morgan fingerprint density at radius 3 is 2.25 bits per heavy atom. The molecule has 7 heteroatoms. The van der Waals surface area contributed by atoms with Crippen LogP contribution >= 0.6 is 15.9 Å². The topological polar surface area (TPSA) is 27.7 Å². The van der Waals surface area contributed by atoms with Gasteiger partial charge < -0.3 is 14.2 Å². The van der Waals surface area contributed by atoms with Gasteiger partial charge in [0.2, 0.25) is 0 Å². The standard InChI is InChI=1S/C9H16BrF3O3/c1-14-5-6-15-3-2-4-16-7-8(10)9(11,12)13/h8H,2-7H2,1H3. The third kappa shape index (κ3) is 9.38. The fourth-order valence-electron chi connectivity index (χ4n) is 0.789. The van der Waals surface area contributed by atoms with Crippen LogP contribution in [-0.4, -0.2) is 51.1 Å². The van der Waals surface area contributed by atoms with Gasteiger partial charge >= 0.3 is 6.18 Å². The van der Waals surface area contributed by atoms with Gasteiger partial charge in [0.05, 0.1) is 19.8 Å². The normalized spacial score (nSPS) is 14.1. The summed E-state index contributed by atoms with van der Waals surface area (Å²) < 4.78 is 50.7. The van der Waals surface area contributed by atoms with E-state index >= 15 is 0 Å². The monoisotopic (exact) mass is 308 g/mol. The van der Waals surface area contributed by atoms with Gasteiger partial charge in [0.1, 0.15) is 4.83 Å². The van der Waals surface area contributed by atoms with Crippen molar-refractivity contribution in [3.63, 3.8) is 0 Å². The molecule has 0 N–H and O–H groups in total. The minimum absolute atomic E-state index is 0.255. The Balaban J connectivity index is 3.21. The first kappa shape index (κ1) is 16.1. The summed E-state index contributed by atoms with van der Waals surface area (Å²) in [5.74, 6) is 0. The molecule has 0 aromatic carbocycles. The Morgan fingerprint density at radius 2 is 1.69 bits per heavy atom. The molecule has 0 fully saturated rings. The zero-order chi connectivity index (χ0) is 12.4. The first-order valence-electron chi connectivity index (χ1n) is 4.83. The molecule has 0 saturated heterocycles. The van der Waals surface area contributed by atoms with Crippen molar-refractivity contribution in [1.29, 1.82) is 0 Å². The Labute approximate surface area is 101 Å². The van der Waals surface area contributed by atoms with Crippen LogP contribution in [0.3, 0.4) is 0 Å². The number of hydrogen-bond acceptors (Lipinski definition) is 3. The van der Waals surface area contributed by atoms with E-state index in [2.05, 4.69) is 15.9 Å². The van der Waals surface area contributed by atoms with Gasteiger partial charge in [0.15, 0.2) is 0 Å². The molecule has 3 nitrogen and oxygen atoms in total. The predicted octanol–water partition coefficient (Wildman–Crippen LogP) is 2.38. The van der Waals surface area contributed by atoms with E-state index in [4.69, 9.17) is 14.2 Å². The average Bonchev–Trinajstić information content (AvgIpc) is 2.20. The van der Waals surface area contributed by atoms with Crippen molar-refractivity contribution in [3.05, 3.63) is 0 Å². The van der Waals surface area contributed by atoms with Crippen LogP contribution in [0.2, 0.25) is 0 Å². The molecule has 16 heavy (non-hydrogen) atoms. The number of alkyl halides is 4. The van der Waals surface area contributed by atoms with E-state index in [1.54, 1.807) is 7.11 Å². The maximum Gasteiger partial charge on any atom is 0.403 e. The Kier molecular flexibility index (Phi) is 9.29. The lowest BCUT2D eigenvalue weighted by atomic mass is 10.4. The summed E-state index contributed by atoms with van der Waals surface area (Å²) in [7, 11) is 1.57. The second-order valence-corrected chi connectivity index (χ2v) is 4.15. The van der Waals surface area contributed by atoms with E-state index in [9.17, 15) is 13.2 Å². The molecule has 0 aliphatic heterocycles. The minimum Gasteiger partial charge on any atom is -0.382 e. The molecular formula is C9H16BrF3O3. The molecule has 0 radical (unpaired) electrons. The molecule has 0 bridgehead atoms. The van der Waals surface area contributed by atoms with Crippen LogP contribution < -0.4 is 0 Å². The van der Waals surface area contributed by atoms with Crippen LogP contribution in [-0.2, 0) is 14.2 Å². The highest BCUT2D eigenvalue weighted by atomic mass is 79.9. The Bertz CT molecular complexity index is 167. The summed E-state index contributed by atoms with van der Waals surface area (Å²) in [6.07, 6.45) is -3.68. The first-order chi connectivity index (χ1) is 7.48. The molecular weight excluding hydrogens is 293 g/mol. The number of halogens is 4. The van der Waals surface area contributed by atoms with Crippen molar-refractivity contribution < 1.29 is 27.4 Å². The van der Waals surface area contributed by atoms with Gasteiger partial charge in [-0.15, -0.1) is 0 Å². The fraction of sp³-hybridized carbons (Fsp3) is 1.00. The summed E-state index contributed by atoms with van der Waals surface area (Å²) in [5.41, 5.74) is 0. The van der Waals surface area contributed by atoms with E-state index in [0.29, 0.717) is 26.2 Å². The van der Waals surface area contributed by atoms with E-state index in [1.807, 2.05) is 0 Å². The molecule has 0 aromatic heterocycles. The van der Waals surface area contributed by atoms with Crippen molar-refractivity contribution in [1.82, 2.24) is 0 Å². The Morgan fingerprint density at radius 1 is 1.06 bits per heavy atom. The summed E-state index contributed by atoms with van der Waals surface area (Å²) in [4.78, 5) is -1.60. The van der Waals surface area contributed by atoms with Crippen LogP contribution in [0, 0.1) is 0 Å². The molecule has 0 aromatic rings. The molecule has 1 unspecified atom stereocenters. The molecule has 0 heterocycles. The molecule has 0 aliphatic carbocycles. The van der Waals surface area contributed by atoms with Crippen molar-refractivity contribution >= 4 is 15.9 Å². The summed E-state index contributed by atoms with van der Waals surface area (Å²) in [5, 5.41) is 0. The molecule has 0 rings (SSSR count). The average molecular weight is 309 g/mol. The zero-order valence-electron chi connectivity index (χ0n) is 9.06. The quantitative estimate of drug-likeness (QED) is 0.483. The van der Waals surface area contributed by atoms with Gasteiger partial charge in [0.25, 0.3) is 0 Å². The molecule has 1 atom stereocenters. The van der Waals surface area contributed by atoms with Gasteiger partial charge in [-0.1, -0.05) is 15.9 Å². The van der Waals surface area contributed by atoms with Crippen LogP contribution in [0.5, 0.6) is 0 Å². The lowest BCUT2D eigenvalue weighted by Crippen LogP contribution is -2.27. The molecule has 0 saturated carbocycles. The second-order valence-electron chi connectivity index (χ2n) is 3.04. The molecule has 0 aliphatic rings. The van der Waals surface area contributed by atoms with Gasteiger partial charge in [-0.05, 0) is 6.42 Å². The van der Waals surface area contributed by atoms with Gasteiger partial charge in [-0.2, -0.15) is 13.2 Å². The smallest absolute Gasteiger partial charge is 0.382 e. The summed E-state index contributed by atoms with van der Waals surface area (Å²) in [6, 6.07) is 0. The van der Waals surface area contributed by atoms with E-state index in [0.717, 1.165) is 0 Å². The van der Waals surface area contributed by atoms with E-state index < -0.39 is 11.0 Å². The van der Waals surface area contributed by atoms with Crippen LogP contribution in [0.15, 0.2) is 0 Å². The van der Waals surface area contributed by atoms with E-state index in [1.165, 1.54) is 0 Å². The van der Waals surface area contributed by atoms with Crippen LogP contribution in [0.4, 0.5) is 13.2 Å². The summed E-state index contributed by atoms with van der Waals surface area (Å²) in [6.45, 7) is 1.34. The van der Waals surface area contributed by atoms with Crippen LogP contribution in [0.1, 0.15) is 6.42 Å². The number of methoxy groups -OCH3 is 1. The van der Waals surface area contributed by atoms with Crippen molar-refractivity contribution in [2.24, 2.45) is 0 Å². The highest BCUT2D eigenvalue weighted by molar-refractivity contribution is 9.09. The molecule has 0 spiro atoms. The van der Waals surface area contributed by atoms with Gasteiger partial charge in [-0.25, -0.2) is 0 Å². The summed E-state index contributed by atoms with van der Waals surface area (Å²) >= 11 is 2.50. The maximum atomic E-state index is 12.0. The fourth-order valence-corrected chi connectivity index (χ4v) is 0.976. The maximum absolute atomic E-state index is 12.0. The largest absolute Gasteiger partial charge is 0.403 e. The lowest BCUT2D eigenvalue weighted by molar-refractivity contribution is -0.137. The minimum atomic E-state index is -4.25. The predicted molar refractivity (Wildman–Crippen MR) is 56.9 cm³/mol. The molecule has 0 amide bonds. The van der Waals surface area contributed by atoms with Crippen molar-refractivity contribution in [2.45, 2.75) is 17.4 Å². The number of ether oxygens (including phenoxy) is 3. The third-order valence-corrected chi connectivity index (χ3v) is 2.41. The SMILES string of the molecule is COCCOCCCOCC(Br)C(F)(F)F. The van der Waals surface area contributed by atoms with Crippen molar-refractivity contribution in [2.75, 3.05) is 40.1 Å². The van der Waals surface area contributed by atoms with Crippen LogP contribution in [0.25, 0.3) is 0 Å². The number of hydrogen-bond donors (Lipinski definition) is 0. The zero-order valence-corrected chi connectivity index (χ0v) is 10.6. The Hall–Kier alpha value is 0.150. The third-order valence-electron chi connectivity index (χ3n) is 1.63. The highest BCUT2D eigenvalue weighted by Crippen LogP contribution is 2.26. The molecule has 98 valence electrons. The van der Waals surface area contributed by atoms with E-state index in [-0.39, 0.29) is 13.2 Å². The van der Waals surface area contributed by atoms with Gasteiger partial charge in [0, 0.05) is 20.3 Å². The lowest BCUT2D eigenvalue weighted by Gasteiger charge is -2.13. The van der Waals surface area contributed by atoms with Gasteiger partial charge in [-0.3, -0.25) is 0 Å². The first-order valence-corrected chi connectivity index (χ1v) is 5.75. The second kappa shape index (κ2) is 9.21. The highest BCUT2D eigenvalue weighted by Gasteiger charge is 2.37. The van der Waals surface area contributed by atoms with Crippen molar-refractivity contribution in [3.8, 4) is 0 Å².